The van der Waals surface area contributed by atoms with E-state index in [4.69, 9.17) is 9.47 Å². The summed E-state index contributed by atoms with van der Waals surface area (Å²) in [6.07, 6.45) is 0. The van der Waals surface area contributed by atoms with Crippen molar-refractivity contribution in [3.8, 4) is 22.6 Å². The molecule has 30 heavy (non-hydrogen) atoms. The van der Waals surface area contributed by atoms with Gasteiger partial charge in [0.25, 0.3) is 5.56 Å². The molecule has 0 atom stereocenters. The highest BCUT2D eigenvalue weighted by Gasteiger charge is 2.22. The van der Waals surface area contributed by atoms with Crippen LogP contribution in [0.2, 0.25) is 0 Å². The average molecular weight is 480 g/mol. The number of pyridine rings is 1. The van der Waals surface area contributed by atoms with Crippen LogP contribution < -0.4 is 15.0 Å². The molecule has 0 amide bonds. The molecule has 0 radical (unpaired) electrons. The number of hydrogen-bond donors (Lipinski definition) is 2. The summed E-state index contributed by atoms with van der Waals surface area (Å²) < 4.78 is 38.3. The number of aromatic carboxylic acids is 1. The van der Waals surface area contributed by atoms with Crippen molar-refractivity contribution >= 4 is 21.9 Å². The molecule has 156 valence electrons. The van der Waals surface area contributed by atoms with E-state index in [1.165, 1.54) is 31.4 Å². The van der Waals surface area contributed by atoms with Gasteiger partial charge in [0.1, 0.15) is 34.2 Å². The highest BCUT2D eigenvalue weighted by Crippen LogP contribution is 2.41. The lowest BCUT2D eigenvalue weighted by molar-refractivity contribution is 0.0697. The molecule has 2 N–H and O–H groups in total. The van der Waals surface area contributed by atoms with Gasteiger partial charge in [0.2, 0.25) is 0 Å². The number of benzene rings is 2. The van der Waals surface area contributed by atoms with Crippen molar-refractivity contribution in [1.29, 1.82) is 0 Å². The van der Waals surface area contributed by atoms with Gasteiger partial charge in [-0.3, -0.25) is 4.79 Å². The predicted molar refractivity (Wildman–Crippen MR) is 109 cm³/mol. The molecule has 0 bridgehead atoms. The van der Waals surface area contributed by atoms with Crippen LogP contribution in [0.25, 0.3) is 11.1 Å². The number of aromatic nitrogens is 1. The summed E-state index contributed by atoms with van der Waals surface area (Å²) in [4.78, 5) is 26.4. The number of rotatable bonds is 6. The smallest absolute Gasteiger partial charge is 0.335 e. The van der Waals surface area contributed by atoms with E-state index in [0.717, 1.165) is 12.1 Å². The van der Waals surface area contributed by atoms with Gasteiger partial charge in [0, 0.05) is 28.5 Å². The molecular formula is C21H16BrF2NO5. The minimum Gasteiger partial charge on any atom is -0.496 e. The number of nitrogens with one attached hydrogen (secondary N) is 1. The molecule has 0 aliphatic heterocycles. The zero-order chi connectivity index (χ0) is 22.0. The average Bonchev–Trinajstić information content (AvgIpc) is 2.70. The first-order valence-corrected chi connectivity index (χ1v) is 9.43. The summed E-state index contributed by atoms with van der Waals surface area (Å²) in [5.41, 5.74) is 0.713. The SMILES string of the molecule is COc1ccc(C(=O)O)cc1-c1c(C)[nH]c(=O)c(Br)c1OCc1ccc(F)cc1F. The maximum absolute atomic E-state index is 14.0. The summed E-state index contributed by atoms with van der Waals surface area (Å²) >= 11 is 3.18. The molecule has 0 saturated heterocycles. The van der Waals surface area contributed by atoms with Crippen LogP contribution >= 0.6 is 15.9 Å². The van der Waals surface area contributed by atoms with E-state index in [2.05, 4.69) is 20.9 Å². The quantitative estimate of drug-likeness (QED) is 0.535. The monoisotopic (exact) mass is 479 g/mol. The van der Waals surface area contributed by atoms with Gasteiger partial charge in [-0.05, 0) is 53.2 Å². The predicted octanol–water partition coefficient (Wildman–Crippen LogP) is 4.68. The van der Waals surface area contributed by atoms with Gasteiger partial charge >= 0.3 is 5.97 Å². The van der Waals surface area contributed by atoms with Gasteiger partial charge in [-0.2, -0.15) is 0 Å². The maximum atomic E-state index is 14.0. The third kappa shape index (κ3) is 4.20. The first-order valence-electron chi connectivity index (χ1n) is 8.63. The van der Waals surface area contributed by atoms with Crippen molar-refractivity contribution in [2.75, 3.05) is 7.11 Å². The summed E-state index contributed by atoms with van der Waals surface area (Å²) in [5.74, 6) is -2.24. The van der Waals surface area contributed by atoms with E-state index in [0.29, 0.717) is 22.6 Å². The van der Waals surface area contributed by atoms with E-state index < -0.39 is 23.2 Å². The highest BCUT2D eigenvalue weighted by molar-refractivity contribution is 9.10. The van der Waals surface area contributed by atoms with Gasteiger partial charge in [0.15, 0.2) is 0 Å². The standard InChI is InChI=1S/C21H16BrF2NO5/c1-10-17(14-7-11(21(27)28)4-6-16(14)29-2)19(18(22)20(26)25-10)30-9-12-3-5-13(23)8-15(12)24/h3-8H,9H2,1-2H3,(H,25,26)(H,27,28). The Morgan fingerprint density at radius 1 is 1.20 bits per heavy atom. The Hall–Kier alpha value is -3.20. The first-order chi connectivity index (χ1) is 14.2. The van der Waals surface area contributed by atoms with Gasteiger partial charge in [-0.1, -0.05) is 0 Å². The number of halogens is 3. The molecule has 0 aliphatic rings. The number of methoxy groups -OCH3 is 1. The van der Waals surface area contributed by atoms with Crippen molar-refractivity contribution in [3.63, 3.8) is 0 Å². The topological polar surface area (TPSA) is 88.6 Å². The molecule has 0 aliphatic carbocycles. The van der Waals surface area contributed by atoms with Crippen LogP contribution in [0.4, 0.5) is 8.78 Å². The highest BCUT2D eigenvalue weighted by atomic mass is 79.9. The van der Waals surface area contributed by atoms with E-state index >= 15 is 0 Å². The summed E-state index contributed by atoms with van der Waals surface area (Å²) in [5, 5.41) is 9.35. The largest absolute Gasteiger partial charge is 0.496 e. The van der Waals surface area contributed by atoms with E-state index in [1.807, 2.05) is 0 Å². The number of ether oxygens (including phenoxy) is 2. The van der Waals surface area contributed by atoms with Gasteiger partial charge in [-0.15, -0.1) is 0 Å². The molecule has 0 saturated carbocycles. The Kier molecular flexibility index (Phi) is 6.21. The van der Waals surface area contributed by atoms with Crippen molar-refractivity contribution in [2.24, 2.45) is 0 Å². The molecule has 0 unspecified atom stereocenters. The first kappa shape index (κ1) is 21.5. The normalized spacial score (nSPS) is 10.7. The lowest BCUT2D eigenvalue weighted by atomic mass is 9.99. The number of aromatic amines is 1. The number of carboxylic acids is 1. The number of carboxylic acid groups (broad SMARTS) is 1. The number of H-pyrrole nitrogens is 1. The molecule has 1 aromatic heterocycles. The fourth-order valence-electron chi connectivity index (χ4n) is 2.96. The second kappa shape index (κ2) is 8.66. The maximum Gasteiger partial charge on any atom is 0.335 e. The zero-order valence-corrected chi connectivity index (χ0v) is 17.5. The molecule has 3 rings (SSSR count). The van der Waals surface area contributed by atoms with Crippen LogP contribution in [-0.2, 0) is 6.61 Å². The second-order valence-corrected chi connectivity index (χ2v) is 7.13. The number of carbonyl (C=O) groups is 1. The molecule has 1 heterocycles. The van der Waals surface area contributed by atoms with Crippen LogP contribution in [0.15, 0.2) is 45.7 Å². The van der Waals surface area contributed by atoms with Crippen LogP contribution in [0.3, 0.4) is 0 Å². The van der Waals surface area contributed by atoms with Crippen molar-refractivity contribution in [3.05, 3.63) is 79.7 Å². The van der Waals surface area contributed by atoms with Crippen LogP contribution in [-0.4, -0.2) is 23.2 Å². The minimum atomic E-state index is -1.14. The Morgan fingerprint density at radius 2 is 1.93 bits per heavy atom. The van der Waals surface area contributed by atoms with E-state index in [1.54, 1.807) is 6.92 Å². The van der Waals surface area contributed by atoms with E-state index in [9.17, 15) is 23.5 Å². The van der Waals surface area contributed by atoms with Crippen LogP contribution in [0, 0.1) is 18.6 Å². The van der Waals surface area contributed by atoms with Crippen molar-refractivity contribution < 1.29 is 28.2 Å². The minimum absolute atomic E-state index is 0.00283. The van der Waals surface area contributed by atoms with Crippen molar-refractivity contribution in [1.82, 2.24) is 4.98 Å². The number of hydrogen-bond acceptors (Lipinski definition) is 4. The molecule has 3 aromatic rings. The third-order valence-corrected chi connectivity index (χ3v) is 5.12. The molecule has 0 spiro atoms. The molecule has 2 aromatic carbocycles. The molecule has 0 fully saturated rings. The lowest BCUT2D eigenvalue weighted by Gasteiger charge is -2.18. The summed E-state index contributed by atoms with van der Waals surface area (Å²) in [6, 6.07) is 7.33. The van der Waals surface area contributed by atoms with Gasteiger partial charge in [0.05, 0.1) is 12.7 Å². The second-order valence-electron chi connectivity index (χ2n) is 6.34. The Labute approximate surface area is 178 Å². The summed E-state index contributed by atoms with van der Waals surface area (Å²) in [7, 11) is 1.42. The molecule has 6 nitrogen and oxygen atoms in total. The molecule has 9 heteroatoms. The van der Waals surface area contributed by atoms with E-state index in [-0.39, 0.29) is 28.0 Å². The Balaban J connectivity index is 2.17. The van der Waals surface area contributed by atoms with Gasteiger partial charge in [-0.25, -0.2) is 13.6 Å². The van der Waals surface area contributed by atoms with Crippen LogP contribution in [0.5, 0.6) is 11.5 Å². The fourth-order valence-corrected chi connectivity index (χ4v) is 3.37. The van der Waals surface area contributed by atoms with Crippen molar-refractivity contribution in [2.45, 2.75) is 13.5 Å². The fraction of sp³-hybridized carbons (Fsp3) is 0.143. The summed E-state index contributed by atoms with van der Waals surface area (Å²) in [6.45, 7) is 1.32. The number of aryl methyl sites for hydroxylation is 1. The third-order valence-electron chi connectivity index (χ3n) is 4.40. The molecular weight excluding hydrogens is 464 g/mol. The zero-order valence-electron chi connectivity index (χ0n) is 15.9. The lowest BCUT2D eigenvalue weighted by Crippen LogP contribution is -2.13. The Bertz CT molecular complexity index is 1190. The Morgan fingerprint density at radius 3 is 2.57 bits per heavy atom. The van der Waals surface area contributed by atoms with Crippen LogP contribution in [0.1, 0.15) is 21.6 Å². The van der Waals surface area contributed by atoms with Gasteiger partial charge < -0.3 is 19.6 Å².